The lowest BCUT2D eigenvalue weighted by Gasteiger charge is -2.21. The summed E-state index contributed by atoms with van der Waals surface area (Å²) < 4.78 is 30.9. The molecule has 7 nitrogen and oxygen atoms in total. The molecule has 0 aromatic heterocycles. The Labute approximate surface area is 124 Å². The van der Waals surface area contributed by atoms with Gasteiger partial charge in [-0.1, -0.05) is 0 Å². The highest BCUT2D eigenvalue weighted by atomic mass is 32.2. The van der Waals surface area contributed by atoms with Crippen molar-refractivity contribution in [2.24, 2.45) is 0 Å². The van der Waals surface area contributed by atoms with Crippen LogP contribution >= 0.6 is 0 Å². The third-order valence-electron chi connectivity index (χ3n) is 2.88. The minimum absolute atomic E-state index is 0.0110. The number of ether oxygens (including phenoxy) is 1. The Morgan fingerprint density at radius 2 is 1.90 bits per heavy atom. The van der Waals surface area contributed by atoms with Gasteiger partial charge in [-0.15, -0.1) is 0 Å². The number of rotatable bonds is 8. The summed E-state index contributed by atoms with van der Waals surface area (Å²) in [6.07, 6.45) is 0. The Bertz CT molecular complexity index is 556. The van der Waals surface area contributed by atoms with Crippen molar-refractivity contribution in [2.75, 3.05) is 40.5 Å². The largest absolute Gasteiger partial charge is 0.395 e. The number of methoxy groups -OCH3 is 1. The minimum atomic E-state index is -3.72. The van der Waals surface area contributed by atoms with Crippen LogP contribution in [0.4, 0.5) is 0 Å². The van der Waals surface area contributed by atoms with Crippen LogP contribution in [0.25, 0.3) is 0 Å². The average molecular weight is 316 g/mol. The van der Waals surface area contributed by atoms with Crippen LogP contribution < -0.4 is 5.32 Å². The first kappa shape index (κ1) is 17.6. The maximum atomic E-state index is 12.4. The van der Waals surface area contributed by atoms with Gasteiger partial charge in [0.1, 0.15) is 0 Å². The molecular weight excluding hydrogens is 296 g/mol. The van der Waals surface area contributed by atoms with Gasteiger partial charge in [0.15, 0.2) is 0 Å². The Balaban J connectivity index is 3.01. The van der Waals surface area contributed by atoms with E-state index in [0.29, 0.717) is 5.56 Å². The van der Waals surface area contributed by atoms with Gasteiger partial charge >= 0.3 is 0 Å². The van der Waals surface area contributed by atoms with Gasteiger partial charge in [-0.05, 0) is 24.3 Å². The van der Waals surface area contributed by atoms with Crippen LogP contribution in [0.1, 0.15) is 10.4 Å². The van der Waals surface area contributed by atoms with Crippen LogP contribution in [0.2, 0.25) is 0 Å². The summed E-state index contributed by atoms with van der Waals surface area (Å²) in [4.78, 5) is 11.5. The molecule has 1 aromatic carbocycles. The van der Waals surface area contributed by atoms with Gasteiger partial charge in [0.2, 0.25) is 10.0 Å². The molecule has 0 heterocycles. The molecule has 0 atom stereocenters. The summed E-state index contributed by atoms with van der Waals surface area (Å²) in [7, 11) is -0.748. The number of hydrogen-bond acceptors (Lipinski definition) is 5. The van der Waals surface area contributed by atoms with Crippen LogP contribution in [-0.2, 0) is 14.8 Å². The molecule has 1 rings (SSSR count). The Kier molecular flexibility index (Phi) is 6.76. The van der Waals surface area contributed by atoms with E-state index >= 15 is 0 Å². The predicted molar refractivity (Wildman–Crippen MR) is 77.6 cm³/mol. The van der Waals surface area contributed by atoms with Crippen molar-refractivity contribution in [1.29, 1.82) is 0 Å². The quantitative estimate of drug-likeness (QED) is 0.685. The van der Waals surface area contributed by atoms with E-state index in [1.807, 2.05) is 0 Å². The summed E-state index contributed by atoms with van der Waals surface area (Å²) in [5.41, 5.74) is 0.377. The first-order chi connectivity index (χ1) is 9.97. The fourth-order valence-electron chi connectivity index (χ4n) is 1.73. The van der Waals surface area contributed by atoms with E-state index < -0.39 is 10.0 Å². The first-order valence-electron chi connectivity index (χ1n) is 6.39. The molecule has 1 amide bonds. The zero-order valence-electron chi connectivity index (χ0n) is 12.1. The Morgan fingerprint density at radius 1 is 1.29 bits per heavy atom. The molecule has 8 heteroatoms. The number of hydrogen-bond donors (Lipinski definition) is 2. The number of sulfonamides is 1. The number of aliphatic hydroxyl groups is 1. The van der Waals surface area contributed by atoms with Crippen LogP contribution in [0.5, 0.6) is 0 Å². The van der Waals surface area contributed by atoms with Gasteiger partial charge in [-0.3, -0.25) is 4.79 Å². The standard InChI is InChI=1S/C13H20N2O5S/c1-14-13(17)11-3-5-12(6-4-11)21(18,19)15(7-9-16)8-10-20-2/h3-6,16H,7-10H2,1-2H3,(H,14,17). The number of nitrogens with one attached hydrogen (secondary N) is 1. The zero-order chi connectivity index (χ0) is 15.9. The molecule has 1 aromatic rings. The van der Waals surface area contributed by atoms with Gasteiger partial charge in [0, 0.05) is 32.8 Å². The highest BCUT2D eigenvalue weighted by Crippen LogP contribution is 2.16. The second-order valence-corrected chi connectivity index (χ2v) is 6.16. The Morgan fingerprint density at radius 3 is 2.38 bits per heavy atom. The molecule has 0 aliphatic carbocycles. The molecule has 0 unspecified atom stereocenters. The van der Waals surface area contributed by atoms with Crippen molar-refractivity contribution in [2.45, 2.75) is 4.90 Å². The van der Waals surface area contributed by atoms with E-state index in [4.69, 9.17) is 9.84 Å². The van der Waals surface area contributed by atoms with Gasteiger partial charge < -0.3 is 15.2 Å². The third kappa shape index (κ3) is 4.50. The second-order valence-electron chi connectivity index (χ2n) is 4.22. The molecule has 0 saturated heterocycles. The lowest BCUT2D eigenvalue weighted by molar-refractivity contribution is 0.0963. The van der Waals surface area contributed by atoms with Crippen molar-refractivity contribution in [1.82, 2.24) is 9.62 Å². The fourth-order valence-corrected chi connectivity index (χ4v) is 3.14. The van der Waals surface area contributed by atoms with Crippen LogP contribution in [0.15, 0.2) is 29.2 Å². The zero-order valence-corrected chi connectivity index (χ0v) is 12.9. The molecule has 2 N–H and O–H groups in total. The fraction of sp³-hybridized carbons (Fsp3) is 0.462. The van der Waals surface area contributed by atoms with Gasteiger partial charge in [0.05, 0.1) is 18.1 Å². The molecule has 0 spiro atoms. The lowest BCUT2D eigenvalue weighted by atomic mass is 10.2. The highest BCUT2D eigenvalue weighted by molar-refractivity contribution is 7.89. The smallest absolute Gasteiger partial charge is 0.251 e. The number of carbonyl (C=O) groups excluding carboxylic acids is 1. The minimum Gasteiger partial charge on any atom is -0.395 e. The number of benzene rings is 1. The summed E-state index contributed by atoms with van der Waals surface area (Å²) >= 11 is 0. The van der Waals surface area contributed by atoms with E-state index in [-0.39, 0.29) is 37.1 Å². The van der Waals surface area contributed by atoms with E-state index in [9.17, 15) is 13.2 Å². The molecule has 0 aliphatic heterocycles. The molecule has 118 valence electrons. The van der Waals surface area contributed by atoms with E-state index in [2.05, 4.69) is 5.32 Å². The second kappa shape index (κ2) is 8.08. The number of carbonyl (C=O) groups is 1. The van der Waals surface area contributed by atoms with Crippen molar-refractivity contribution < 1.29 is 23.1 Å². The molecule has 21 heavy (non-hydrogen) atoms. The molecule has 0 saturated carbocycles. The highest BCUT2D eigenvalue weighted by Gasteiger charge is 2.23. The topological polar surface area (TPSA) is 95.9 Å². The van der Waals surface area contributed by atoms with Crippen molar-refractivity contribution >= 4 is 15.9 Å². The van der Waals surface area contributed by atoms with Gasteiger partial charge in [-0.25, -0.2) is 8.42 Å². The Hall–Kier alpha value is -1.48. The van der Waals surface area contributed by atoms with Gasteiger partial charge in [-0.2, -0.15) is 4.31 Å². The maximum absolute atomic E-state index is 12.4. The lowest BCUT2D eigenvalue weighted by Crippen LogP contribution is -2.36. The summed E-state index contributed by atoms with van der Waals surface area (Å²) in [5.74, 6) is -0.287. The summed E-state index contributed by atoms with van der Waals surface area (Å²) in [6.45, 7) is 0.0916. The monoisotopic (exact) mass is 316 g/mol. The van der Waals surface area contributed by atoms with E-state index in [1.54, 1.807) is 0 Å². The predicted octanol–water partition coefficient (Wildman–Crippen LogP) is -0.324. The average Bonchev–Trinajstić information content (AvgIpc) is 2.50. The maximum Gasteiger partial charge on any atom is 0.251 e. The van der Waals surface area contributed by atoms with Crippen LogP contribution in [-0.4, -0.2) is 64.2 Å². The third-order valence-corrected chi connectivity index (χ3v) is 4.79. The van der Waals surface area contributed by atoms with Crippen molar-refractivity contribution in [3.63, 3.8) is 0 Å². The molecule has 0 bridgehead atoms. The van der Waals surface area contributed by atoms with E-state index in [0.717, 1.165) is 4.31 Å². The van der Waals surface area contributed by atoms with Gasteiger partial charge in [0.25, 0.3) is 5.91 Å². The summed E-state index contributed by atoms with van der Waals surface area (Å²) in [6, 6.07) is 5.63. The molecule has 0 radical (unpaired) electrons. The van der Waals surface area contributed by atoms with E-state index in [1.165, 1.54) is 38.4 Å². The number of amides is 1. The van der Waals surface area contributed by atoms with Crippen LogP contribution in [0.3, 0.4) is 0 Å². The van der Waals surface area contributed by atoms with Crippen LogP contribution in [0, 0.1) is 0 Å². The van der Waals surface area contributed by atoms with Crippen molar-refractivity contribution in [3.05, 3.63) is 29.8 Å². The normalized spacial score (nSPS) is 11.6. The van der Waals surface area contributed by atoms with Crippen molar-refractivity contribution in [3.8, 4) is 0 Å². The molecule has 0 aliphatic rings. The SMILES string of the molecule is CNC(=O)c1ccc(S(=O)(=O)N(CCO)CCOC)cc1. The number of nitrogens with zero attached hydrogens (tertiary/aromatic N) is 1. The number of aliphatic hydroxyl groups excluding tert-OH is 1. The first-order valence-corrected chi connectivity index (χ1v) is 7.83. The summed E-state index contributed by atoms with van der Waals surface area (Å²) in [5, 5.41) is 11.5. The molecular formula is C13H20N2O5S. The molecule has 0 fully saturated rings.